The molecular weight excluding hydrogens is 390 g/mol. The number of benzene rings is 2. The number of halogens is 1. The smallest absolute Gasteiger partial charge is 0.339 e. The summed E-state index contributed by atoms with van der Waals surface area (Å²) in [5.74, 6) is 0.373. The first-order chi connectivity index (χ1) is 12.1. The summed E-state index contributed by atoms with van der Waals surface area (Å²) >= 11 is 3.27. The summed E-state index contributed by atoms with van der Waals surface area (Å²) in [4.78, 5) is 23.8. The number of nitrogens with one attached hydrogen (secondary N) is 1. The van der Waals surface area contributed by atoms with Gasteiger partial charge in [0.05, 0.1) is 12.1 Å². The molecule has 1 amide bonds. The van der Waals surface area contributed by atoms with Crippen molar-refractivity contribution in [2.75, 3.05) is 19.8 Å². The van der Waals surface area contributed by atoms with Gasteiger partial charge in [-0.1, -0.05) is 24.3 Å². The molecule has 0 unspecified atom stereocenters. The lowest BCUT2D eigenvalue weighted by Crippen LogP contribution is -2.42. The molecule has 0 spiro atoms. The van der Waals surface area contributed by atoms with E-state index in [9.17, 15) is 9.59 Å². The number of hydrogen-bond donors (Lipinski definition) is 1. The number of ether oxygens (including phenoxy) is 3. The van der Waals surface area contributed by atoms with Crippen molar-refractivity contribution in [3.05, 3.63) is 58.6 Å². The Bertz CT molecular complexity index is 780. The molecule has 0 aromatic heterocycles. The van der Waals surface area contributed by atoms with Gasteiger partial charge < -0.3 is 19.5 Å². The Balaban J connectivity index is 1.43. The molecule has 1 N–H and O–H groups in total. The van der Waals surface area contributed by atoms with E-state index in [1.54, 1.807) is 24.3 Å². The fourth-order valence-electron chi connectivity index (χ4n) is 2.28. The van der Waals surface area contributed by atoms with Crippen LogP contribution in [0.2, 0.25) is 0 Å². The molecule has 0 fully saturated rings. The molecule has 2 aromatic carbocycles. The summed E-state index contributed by atoms with van der Waals surface area (Å²) in [6.07, 6.45) is -0.294. The van der Waals surface area contributed by atoms with Gasteiger partial charge in [0.15, 0.2) is 18.1 Å². The Labute approximate surface area is 153 Å². The third kappa shape index (κ3) is 4.51. The van der Waals surface area contributed by atoms with Crippen LogP contribution in [-0.2, 0) is 9.53 Å². The van der Waals surface area contributed by atoms with Crippen LogP contribution in [0.4, 0.5) is 0 Å². The molecule has 0 saturated carbocycles. The third-order valence-corrected chi connectivity index (χ3v) is 4.21. The second-order valence-electron chi connectivity index (χ2n) is 5.36. The normalized spacial score (nSPS) is 15.3. The highest BCUT2D eigenvalue weighted by Crippen LogP contribution is 2.30. The lowest BCUT2D eigenvalue weighted by atomic mass is 10.2. The molecule has 0 radical (unpaired) electrons. The first-order valence-corrected chi connectivity index (χ1v) is 8.49. The number of esters is 1. The van der Waals surface area contributed by atoms with Crippen LogP contribution in [0.5, 0.6) is 11.5 Å². The molecule has 0 bridgehead atoms. The number of rotatable bonds is 5. The van der Waals surface area contributed by atoms with Crippen LogP contribution >= 0.6 is 15.9 Å². The third-order valence-electron chi connectivity index (χ3n) is 3.52. The number of para-hydroxylation sites is 2. The van der Waals surface area contributed by atoms with E-state index in [2.05, 4.69) is 21.2 Å². The molecular formula is C18H16BrNO5. The van der Waals surface area contributed by atoms with Crippen LogP contribution in [0.25, 0.3) is 0 Å². The van der Waals surface area contributed by atoms with E-state index in [1.165, 1.54) is 0 Å². The first-order valence-electron chi connectivity index (χ1n) is 7.70. The quantitative estimate of drug-likeness (QED) is 0.773. The van der Waals surface area contributed by atoms with Gasteiger partial charge in [-0.15, -0.1) is 0 Å². The zero-order valence-corrected chi connectivity index (χ0v) is 14.8. The SMILES string of the molecule is O=C(COC(=O)c1ccccc1Br)NC[C@@H]1COc2ccccc2O1. The zero-order chi connectivity index (χ0) is 17.6. The van der Waals surface area contributed by atoms with E-state index >= 15 is 0 Å². The number of carbonyl (C=O) groups is 2. The topological polar surface area (TPSA) is 73.9 Å². The highest BCUT2D eigenvalue weighted by atomic mass is 79.9. The largest absolute Gasteiger partial charge is 0.486 e. The second-order valence-corrected chi connectivity index (χ2v) is 6.21. The molecule has 0 saturated heterocycles. The first kappa shape index (κ1) is 17.3. The average Bonchev–Trinajstić information content (AvgIpc) is 2.64. The number of carbonyl (C=O) groups excluding carboxylic acids is 2. The number of amides is 1. The monoisotopic (exact) mass is 405 g/mol. The molecule has 1 atom stereocenters. The molecule has 25 heavy (non-hydrogen) atoms. The zero-order valence-electron chi connectivity index (χ0n) is 13.2. The molecule has 0 aliphatic carbocycles. The van der Waals surface area contributed by atoms with Crippen LogP contribution in [0.1, 0.15) is 10.4 Å². The molecule has 7 heteroatoms. The van der Waals surface area contributed by atoms with Gasteiger partial charge in [0, 0.05) is 4.47 Å². The van der Waals surface area contributed by atoms with Crippen molar-refractivity contribution in [2.45, 2.75) is 6.10 Å². The van der Waals surface area contributed by atoms with Crippen LogP contribution in [0, 0.1) is 0 Å². The van der Waals surface area contributed by atoms with E-state index in [0.717, 1.165) is 0 Å². The molecule has 3 rings (SSSR count). The van der Waals surface area contributed by atoms with Crippen molar-refractivity contribution < 1.29 is 23.8 Å². The molecule has 130 valence electrons. The number of fused-ring (bicyclic) bond motifs is 1. The van der Waals surface area contributed by atoms with Gasteiger partial charge in [-0.25, -0.2) is 4.79 Å². The Morgan fingerprint density at radius 2 is 1.84 bits per heavy atom. The van der Waals surface area contributed by atoms with Crippen molar-refractivity contribution in [3.8, 4) is 11.5 Å². The minimum atomic E-state index is -0.561. The van der Waals surface area contributed by atoms with Gasteiger partial charge in [-0.2, -0.15) is 0 Å². The van der Waals surface area contributed by atoms with Crippen molar-refractivity contribution >= 4 is 27.8 Å². The molecule has 6 nitrogen and oxygen atoms in total. The fourth-order valence-corrected chi connectivity index (χ4v) is 2.72. The average molecular weight is 406 g/mol. The maximum Gasteiger partial charge on any atom is 0.339 e. The van der Waals surface area contributed by atoms with Crippen LogP contribution in [-0.4, -0.2) is 37.7 Å². The Hall–Kier alpha value is -2.54. The fraction of sp³-hybridized carbons (Fsp3) is 0.222. The molecule has 1 aliphatic heterocycles. The summed E-state index contributed by atoms with van der Waals surface area (Å²) in [6.45, 7) is 0.248. The van der Waals surface area contributed by atoms with Crippen LogP contribution in [0.3, 0.4) is 0 Å². The summed E-state index contributed by atoms with van der Waals surface area (Å²) in [7, 11) is 0. The van der Waals surface area contributed by atoms with E-state index < -0.39 is 11.9 Å². The van der Waals surface area contributed by atoms with Crippen molar-refractivity contribution in [3.63, 3.8) is 0 Å². The minimum Gasteiger partial charge on any atom is -0.486 e. The number of hydrogen-bond acceptors (Lipinski definition) is 5. The van der Waals surface area contributed by atoms with Gasteiger partial charge in [-0.3, -0.25) is 4.79 Å². The highest BCUT2D eigenvalue weighted by molar-refractivity contribution is 9.10. The lowest BCUT2D eigenvalue weighted by molar-refractivity contribution is -0.124. The molecule has 2 aromatic rings. The molecule has 1 aliphatic rings. The summed E-state index contributed by atoms with van der Waals surface area (Å²) in [6, 6.07) is 14.2. The maximum absolute atomic E-state index is 11.9. The van der Waals surface area contributed by atoms with Crippen molar-refractivity contribution in [2.24, 2.45) is 0 Å². The van der Waals surface area contributed by atoms with E-state index in [-0.39, 0.29) is 19.3 Å². The highest BCUT2D eigenvalue weighted by Gasteiger charge is 2.21. The van der Waals surface area contributed by atoms with E-state index in [4.69, 9.17) is 14.2 Å². The van der Waals surface area contributed by atoms with E-state index in [1.807, 2.05) is 24.3 Å². The Kier molecular flexibility index (Phi) is 5.55. The van der Waals surface area contributed by atoms with Gasteiger partial charge in [-0.05, 0) is 40.2 Å². The summed E-state index contributed by atoms with van der Waals surface area (Å²) in [5.41, 5.74) is 0.371. The van der Waals surface area contributed by atoms with Crippen LogP contribution < -0.4 is 14.8 Å². The summed E-state index contributed by atoms with van der Waals surface area (Å²) < 4.78 is 16.9. The second kappa shape index (κ2) is 8.02. The van der Waals surface area contributed by atoms with Crippen LogP contribution in [0.15, 0.2) is 53.0 Å². The predicted octanol–water partition coefficient (Wildman–Crippen LogP) is 2.56. The van der Waals surface area contributed by atoms with Gasteiger partial charge in [0.25, 0.3) is 5.91 Å². The van der Waals surface area contributed by atoms with Crippen molar-refractivity contribution in [1.82, 2.24) is 5.32 Å². The minimum absolute atomic E-state index is 0.264. The molecule has 1 heterocycles. The van der Waals surface area contributed by atoms with E-state index in [0.29, 0.717) is 28.1 Å². The predicted molar refractivity (Wildman–Crippen MR) is 93.8 cm³/mol. The standard InChI is InChI=1S/C18H16BrNO5/c19-14-6-2-1-5-13(14)18(22)24-11-17(21)20-9-12-10-23-15-7-3-4-8-16(15)25-12/h1-8,12H,9-11H2,(H,20,21)/t12-/m1/s1. The van der Waals surface area contributed by atoms with Crippen molar-refractivity contribution in [1.29, 1.82) is 0 Å². The summed E-state index contributed by atoms with van der Waals surface area (Å²) in [5, 5.41) is 2.67. The Morgan fingerprint density at radius 1 is 1.12 bits per heavy atom. The van der Waals surface area contributed by atoms with Gasteiger partial charge >= 0.3 is 5.97 Å². The van der Waals surface area contributed by atoms with Gasteiger partial charge in [0.2, 0.25) is 0 Å². The lowest BCUT2D eigenvalue weighted by Gasteiger charge is -2.26. The maximum atomic E-state index is 11.9. The Morgan fingerprint density at radius 3 is 2.64 bits per heavy atom. The van der Waals surface area contributed by atoms with Gasteiger partial charge in [0.1, 0.15) is 12.7 Å².